The number of carbonyl (C=O) groups is 1. The third-order valence-corrected chi connectivity index (χ3v) is 6.53. The normalized spacial score (nSPS) is 16.8. The van der Waals surface area contributed by atoms with Crippen molar-refractivity contribution in [3.63, 3.8) is 0 Å². The zero-order valence-electron chi connectivity index (χ0n) is 17.2. The largest absolute Gasteiger partial charge is 0.345 e. The lowest BCUT2D eigenvalue weighted by Gasteiger charge is -2.25. The predicted molar refractivity (Wildman–Crippen MR) is 118 cm³/mol. The van der Waals surface area contributed by atoms with Gasteiger partial charge in [-0.25, -0.2) is 13.4 Å². The van der Waals surface area contributed by atoms with Gasteiger partial charge in [-0.2, -0.15) is 0 Å². The second-order valence-electron chi connectivity index (χ2n) is 7.73. The Balaban J connectivity index is 1.66. The maximum absolute atomic E-state index is 12.1. The number of amides is 1. The highest BCUT2D eigenvalue weighted by atomic mass is 32.2. The Bertz CT molecular complexity index is 1230. The molecule has 30 heavy (non-hydrogen) atoms. The van der Waals surface area contributed by atoms with Crippen LogP contribution in [-0.4, -0.2) is 60.4 Å². The summed E-state index contributed by atoms with van der Waals surface area (Å²) in [6, 6.07) is 11.6. The molecular formula is C22H24N4O3S. The van der Waals surface area contributed by atoms with Gasteiger partial charge in [0, 0.05) is 55.6 Å². The van der Waals surface area contributed by atoms with E-state index in [1.807, 2.05) is 36.4 Å². The summed E-state index contributed by atoms with van der Waals surface area (Å²) in [5.74, 6) is 0.0720. The molecule has 0 radical (unpaired) electrons. The van der Waals surface area contributed by atoms with E-state index in [-0.39, 0.29) is 11.8 Å². The zero-order chi connectivity index (χ0) is 21.5. The van der Waals surface area contributed by atoms with Gasteiger partial charge in [0.05, 0.1) is 6.26 Å². The number of fused-ring (bicyclic) bond motifs is 1. The van der Waals surface area contributed by atoms with Gasteiger partial charge in [-0.05, 0) is 41.8 Å². The molecule has 1 unspecified atom stereocenters. The van der Waals surface area contributed by atoms with Crippen LogP contribution in [-0.2, 0) is 10.0 Å². The van der Waals surface area contributed by atoms with E-state index < -0.39 is 10.0 Å². The molecule has 1 N–H and O–H groups in total. The predicted octanol–water partition coefficient (Wildman–Crippen LogP) is 3.19. The molecule has 0 saturated carbocycles. The quantitative estimate of drug-likeness (QED) is 0.697. The molecule has 1 aliphatic heterocycles. The van der Waals surface area contributed by atoms with E-state index in [0.717, 1.165) is 27.9 Å². The van der Waals surface area contributed by atoms with E-state index in [0.29, 0.717) is 18.5 Å². The maximum atomic E-state index is 12.1. The molecule has 2 aromatic heterocycles. The van der Waals surface area contributed by atoms with Gasteiger partial charge in [-0.1, -0.05) is 18.2 Å². The number of H-pyrrole nitrogens is 1. The summed E-state index contributed by atoms with van der Waals surface area (Å²) >= 11 is 0. The number of hydrogen-bond donors (Lipinski definition) is 1. The van der Waals surface area contributed by atoms with Crippen LogP contribution in [0.15, 0.2) is 54.9 Å². The van der Waals surface area contributed by atoms with Gasteiger partial charge < -0.3 is 9.88 Å². The van der Waals surface area contributed by atoms with Crippen molar-refractivity contribution in [3.8, 4) is 11.1 Å². The van der Waals surface area contributed by atoms with E-state index in [2.05, 4.69) is 16.0 Å². The number of allylic oxidation sites excluding steroid dienone is 1. The van der Waals surface area contributed by atoms with Crippen molar-refractivity contribution >= 4 is 27.0 Å². The highest BCUT2D eigenvalue weighted by Gasteiger charge is 2.22. The molecule has 1 amide bonds. The van der Waals surface area contributed by atoms with Crippen molar-refractivity contribution in [1.82, 2.24) is 19.2 Å². The minimum atomic E-state index is -3.22. The zero-order valence-corrected chi connectivity index (χ0v) is 18.0. The molecule has 0 spiro atoms. The Hall–Kier alpha value is -3.13. The van der Waals surface area contributed by atoms with Gasteiger partial charge in [-0.3, -0.25) is 9.10 Å². The van der Waals surface area contributed by atoms with Crippen molar-refractivity contribution in [2.24, 2.45) is 0 Å². The van der Waals surface area contributed by atoms with E-state index in [4.69, 9.17) is 0 Å². The molecule has 3 heterocycles. The van der Waals surface area contributed by atoms with Gasteiger partial charge in [0.25, 0.3) is 5.91 Å². The number of nitrogens with one attached hydrogen (secondary N) is 1. The maximum Gasteiger partial charge on any atom is 0.253 e. The second-order valence-corrected chi connectivity index (χ2v) is 9.67. The molecule has 0 fully saturated rings. The number of sulfonamides is 1. The fourth-order valence-electron chi connectivity index (χ4n) is 3.72. The highest BCUT2D eigenvalue weighted by Crippen LogP contribution is 2.33. The summed E-state index contributed by atoms with van der Waals surface area (Å²) in [5.41, 5.74) is 4.48. The Morgan fingerprint density at radius 2 is 1.93 bits per heavy atom. The number of rotatable bonds is 4. The molecule has 4 rings (SSSR count). The van der Waals surface area contributed by atoms with Crippen LogP contribution >= 0.6 is 0 Å². The first-order valence-corrected chi connectivity index (χ1v) is 11.5. The lowest BCUT2D eigenvalue weighted by Crippen LogP contribution is -2.29. The van der Waals surface area contributed by atoms with Crippen LogP contribution in [0.4, 0.5) is 0 Å². The van der Waals surface area contributed by atoms with Crippen LogP contribution in [0.25, 0.3) is 22.2 Å². The van der Waals surface area contributed by atoms with E-state index in [1.54, 1.807) is 31.4 Å². The minimum Gasteiger partial charge on any atom is -0.345 e. The van der Waals surface area contributed by atoms with Crippen molar-refractivity contribution in [1.29, 1.82) is 0 Å². The fraction of sp³-hybridized carbons (Fsp3) is 0.273. The van der Waals surface area contributed by atoms with E-state index in [9.17, 15) is 13.2 Å². The minimum absolute atomic E-state index is 0.0300. The first kappa shape index (κ1) is 20.2. The van der Waals surface area contributed by atoms with Crippen LogP contribution in [0.5, 0.6) is 0 Å². The fourth-order valence-corrected chi connectivity index (χ4v) is 4.45. The van der Waals surface area contributed by atoms with Gasteiger partial charge in [0.2, 0.25) is 10.0 Å². The summed E-state index contributed by atoms with van der Waals surface area (Å²) in [4.78, 5) is 21.5. The van der Waals surface area contributed by atoms with Gasteiger partial charge in [0.15, 0.2) is 0 Å². The summed E-state index contributed by atoms with van der Waals surface area (Å²) in [6.07, 6.45) is 7.24. The summed E-state index contributed by atoms with van der Waals surface area (Å²) < 4.78 is 24.8. The van der Waals surface area contributed by atoms with Gasteiger partial charge >= 0.3 is 0 Å². The topological polar surface area (TPSA) is 86.4 Å². The molecule has 0 saturated heterocycles. The molecule has 0 aliphatic carbocycles. The molecule has 156 valence electrons. The summed E-state index contributed by atoms with van der Waals surface area (Å²) in [6.45, 7) is 0.455. The number of benzene rings is 1. The van der Waals surface area contributed by atoms with Gasteiger partial charge in [-0.15, -0.1) is 0 Å². The second kappa shape index (κ2) is 7.60. The van der Waals surface area contributed by atoms with Crippen LogP contribution < -0.4 is 0 Å². The summed E-state index contributed by atoms with van der Waals surface area (Å²) in [5, 5.41) is 0.998. The molecule has 0 bridgehead atoms. The van der Waals surface area contributed by atoms with Crippen LogP contribution in [0, 0.1) is 0 Å². The number of pyridine rings is 1. The first-order chi connectivity index (χ1) is 14.2. The average Bonchev–Trinajstić information content (AvgIpc) is 3.17. The molecule has 7 nitrogen and oxygen atoms in total. The van der Waals surface area contributed by atoms with Crippen molar-refractivity contribution in [2.75, 3.05) is 26.9 Å². The van der Waals surface area contributed by atoms with E-state index in [1.165, 1.54) is 10.6 Å². The van der Waals surface area contributed by atoms with E-state index >= 15 is 0 Å². The highest BCUT2D eigenvalue weighted by molar-refractivity contribution is 7.88. The monoisotopic (exact) mass is 424 g/mol. The molecule has 8 heteroatoms. The van der Waals surface area contributed by atoms with Crippen LogP contribution in [0.2, 0.25) is 0 Å². The molecular weight excluding hydrogens is 400 g/mol. The smallest absolute Gasteiger partial charge is 0.253 e. The standard InChI is InChI=1S/C22H24N4O3S/c1-25(2)22(27)17-6-4-15(5-7-17)18-8-11-23-21-19(18)14-20(24-21)16-9-12-26(13-10-16)30(3,28)29/h4-9,11-12,14,16H,10,13H2,1-3H3,(H,23,24). The molecule has 1 aromatic carbocycles. The van der Waals surface area contributed by atoms with Crippen LogP contribution in [0.1, 0.15) is 28.4 Å². The number of nitrogens with zero attached hydrogens (tertiary/aromatic N) is 3. The lowest BCUT2D eigenvalue weighted by atomic mass is 9.98. The third kappa shape index (κ3) is 3.82. The van der Waals surface area contributed by atoms with Crippen molar-refractivity contribution < 1.29 is 13.2 Å². The number of carbonyl (C=O) groups excluding carboxylic acids is 1. The van der Waals surface area contributed by atoms with Gasteiger partial charge in [0.1, 0.15) is 5.65 Å². The number of aromatic amines is 1. The third-order valence-electron chi connectivity index (χ3n) is 5.37. The molecule has 1 aliphatic rings. The summed E-state index contributed by atoms with van der Waals surface area (Å²) in [7, 11) is 0.253. The lowest BCUT2D eigenvalue weighted by molar-refractivity contribution is 0.0827. The average molecular weight is 425 g/mol. The first-order valence-electron chi connectivity index (χ1n) is 9.69. The van der Waals surface area contributed by atoms with Crippen LogP contribution in [0.3, 0.4) is 0 Å². The van der Waals surface area contributed by atoms with Crippen molar-refractivity contribution in [2.45, 2.75) is 12.3 Å². The number of aromatic nitrogens is 2. The Kier molecular flexibility index (Phi) is 5.11. The Labute approximate surface area is 176 Å². The SMILES string of the molecule is CN(C)C(=O)c1ccc(-c2ccnc3[nH]c(C4C=CN(S(C)(=O)=O)CC4)cc23)cc1. The Morgan fingerprint density at radius 3 is 2.53 bits per heavy atom. The Morgan fingerprint density at radius 1 is 1.20 bits per heavy atom. The number of hydrogen-bond acceptors (Lipinski definition) is 4. The molecule has 3 aromatic rings. The molecule has 1 atom stereocenters. The van der Waals surface area contributed by atoms with Crippen molar-refractivity contribution in [3.05, 3.63) is 66.1 Å².